The van der Waals surface area contributed by atoms with Gasteiger partial charge in [-0.2, -0.15) is 0 Å². The van der Waals surface area contributed by atoms with E-state index in [0.717, 1.165) is 19.3 Å². The van der Waals surface area contributed by atoms with Crippen LogP contribution in [0.5, 0.6) is 0 Å². The van der Waals surface area contributed by atoms with Crippen molar-refractivity contribution in [2.75, 3.05) is 0 Å². The van der Waals surface area contributed by atoms with E-state index >= 15 is 0 Å². The molecule has 0 saturated heterocycles. The van der Waals surface area contributed by atoms with Gasteiger partial charge in [0, 0.05) is 6.42 Å². The summed E-state index contributed by atoms with van der Waals surface area (Å²) in [5.74, 6) is 0.226. The standard InChI is InChI=1S/C27H43NO/c1-2-3-4-5-6-7-8-9-10-11-12-13-14-15-16-21-27(29)28-26-23-22-24-19-17-18-20-25(24)26/h9-10,17-20,26H,2-8,11-16,21-23H2,1H3,(H,28,29)/b10-9-. The van der Waals surface area contributed by atoms with Crippen LogP contribution in [-0.4, -0.2) is 5.91 Å². The monoisotopic (exact) mass is 397 g/mol. The zero-order valence-corrected chi connectivity index (χ0v) is 18.8. The van der Waals surface area contributed by atoms with Crippen molar-refractivity contribution < 1.29 is 4.79 Å². The number of aryl methyl sites for hydroxylation is 1. The summed E-state index contributed by atoms with van der Waals surface area (Å²) in [5.41, 5.74) is 2.73. The van der Waals surface area contributed by atoms with Gasteiger partial charge < -0.3 is 5.32 Å². The maximum Gasteiger partial charge on any atom is 0.220 e. The van der Waals surface area contributed by atoms with E-state index in [1.807, 2.05) is 0 Å². The summed E-state index contributed by atoms with van der Waals surface area (Å²) in [4.78, 5) is 12.2. The molecule has 1 aromatic carbocycles. The van der Waals surface area contributed by atoms with Gasteiger partial charge in [0.05, 0.1) is 6.04 Å². The molecule has 0 bridgehead atoms. The van der Waals surface area contributed by atoms with Gasteiger partial charge in [-0.25, -0.2) is 0 Å². The number of hydrogen-bond donors (Lipinski definition) is 1. The summed E-state index contributed by atoms with van der Waals surface area (Å²) in [6.07, 6.45) is 24.4. The predicted octanol–water partition coefficient (Wildman–Crippen LogP) is 7.83. The van der Waals surface area contributed by atoms with E-state index in [2.05, 4.69) is 48.7 Å². The lowest BCUT2D eigenvalue weighted by atomic mass is 10.1. The highest BCUT2D eigenvalue weighted by Gasteiger charge is 2.22. The Morgan fingerprint density at radius 3 is 2.24 bits per heavy atom. The first-order valence-electron chi connectivity index (χ1n) is 12.3. The van der Waals surface area contributed by atoms with Gasteiger partial charge in [-0.3, -0.25) is 4.79 Å². The second kappa shape index (κ2) is 15.3. The number of carbonyl (C=O) groups is 1. The largest absolute Gasteiger partial charge is 0.349 e. The van der Waals surface area contributed by atoms with Crippen molar-refractivity contribution in [2.24, 2.45) is 0 Å². The Balaban J connectivity index is 1.38. The molecule has 1 unspecified atom stereocenters. The second-order valence-electron chi connectivity index (χ2n) is 8.69. The number of amides is 1. The van der Waals surface area contributed by atoms with Crippen molar-refractivity contribution in [1.29, 1.82) is 0 Å². The third-order valence-electron chi connectivity index (χ3n) is 6.13. The Morgan fingerprint density at radius 2 is 1.52 bits per heavy atom. The average molecular weight is 398 g/mol. The lowest BCUT2D eigenvalue weighted by Crippen LogP contribution is -2.26. The molecule has 2 nitrogen and oxygen atoms in total. The topological polar surface area (TPSA) is 29.1 Å². The SMILES string of the molecule is CCCCCCCC/C=C\CCCCCCCC(=O)NC1CCc2ccccc21. The van der Waals surface area contributed by atoms with Crippen molar-refractivity contribution in [3.05, 3.63) is 47.5 Å². The second-order valence-corrected chi connectivity index (χ2v) is 8.69. The summed E-state index contributed by atoms with van der Waals surface area (Å²) in [7, 11) is 0. The molecule has 1 aliphatic rings. The van der Waals surface area contributed by atoms with Crippen molar-refractivity contribution in [1.82, 2.24) is 5.32 Å². The molecule has 1 N–H and O–H groups in total. The predicted molar refractivity (Wildman–Crippen MR) is 125 cm³/mol. The van der Waals surface area contributed by atoms with E-state index in [4.69, 9.17) is 0 Å². The number of rotatable bonds is 16. The molecule has 0 heterocycles. The number of hydrogen-bond acceptors (Lipinski definition) is 1. The fourth-order valence-electron chi connectivity index (χ4n) is 4.33. The smallest absolute Gasteiger partial charge is 0.220 e. The summed E-state index contributed by atoms with van der Waals surface area (Å²) in [6.45, 7) is 2.27. The summed E-state index contributed by atoms with van der Waals surface area (Å²) >= 11 is 0. The fourth-order valence-corrected chi connectivity index (χ4v) is 4.33. The summed E-state index contributed by atoms with van der Waals surface area (Å²) in [5, 5.41) is 3.24. The van der Waals surface area contributed by atoms with Gasteiger partial charge in [-0.15, -0.1) is 0 Å². The lowest BCUT2D eigenvalue weighted by Gasteiger charge is -2.14. The minimum atomic E-state index is 0.226. The van der Waals surface area contributed by atoms with E-state index in [0.29, 0.717) is 6.42 Å². The van der Waals surface area contributed by atoms with Crippen LogP contribution in [0.3, 0.4) is 0 Å². The minimum Gasteiger partial charge on any atom is -0.349 e. The molecular weight excluding hydrogens is 354 g/mol. The number of carbonyl (C=O) groups excluding carboxylic acids is 1. The minimum absolute atomic E-state index is 0.226. The molecule has 0 fully saturated rings. The number of benzene rings is 1. The van der Waals surface area contributed by atoms with Crippen LogP contribution >= 0.6 is 0 Å². The Labute approximate surface area is 179 Å². The molecular formula is C27H43NO. The van der Waals surface area contributed by atoms with Gasteiger partial charge in [0.25, 0.3) is 0 Å². The van der Waals surface area contributed by atoms with E-state index in [-0.39, 0.29) is 11.9 Å². The first-order chi connectivity index (χ1) is 14.3. The van der Waals surface area contributed by atoms with Crippen LogP contribution in [0, 0.1) is 0 Å². The maximum atomic E-state index is 12.2. The normalized spacial score (nSPS) is 15.7. The zero-order chi connectivity index (χ0) is 20.6. The molecule has 1 aromatic rings. The van der Waals surface area contributed by atoms with Crippen LogP contribution in [0.15, 0.2) is 36.4 Å². The number of allylic oxidation sites excluding steroid dienone is 2. The Hall–Kier alpha value is -1.57. The molecule has 0 aromatic heterocycles. The van der Waals surface area contributed by atoms with Gasteiger partial charge in [-0.05, 0) is 56.1 Å². The Morgan fingerprint density at radius 1 is 0.897 bits per heavy atom. The highest BCUT2D eigenvalue weighted by Crippen LogP contribution is 2.30. The third kappa shape index (κ3) is 10.1. The molecule has 2 heteroatoms. The average Bonchev–Trinajstić information content (AvgIpc) is 3.14. The zero-order valence-electron chi connectivity index (χ0n) is 18.8. The van der Waals surface area contributed by atoms with Crippen LogP contribution < -0.4 is 5.32 Å². The van der Waals surface area contributed by atoms with E-state index in [1.165, 1.54) is 88.2 Å². The molecule has 2 rings (SSSR count). The molecule has 0 saturated carbocycles. The molecule has 29 heavy (non-hydrogen) atoms. The van der Waals surface area contributed by atoms with Crippen LogP contribution in [0.25, 0.3) is 0 Å². The van der Waals surface area contributed by atoms with Crippen LogP contribution in [0.1, 0.15) is 120 Å². The van der Waals surface area contributed by atoms with E-state index in [9.17, 15) is 4.79 Å². The van der Waals surface area contributed by atoms with Crippen molar-refractivity contribution in [3.8, 4) is 0 Å². The highest BCUT2D eigenvalue weighted by atomic mass is 16.1. The number of fused-ring (bicyclic) bond motifs is 1. The van der Waals surface area contributed by atoms with Crippen LogP contribution in [0.2, 0.25) is 0 Å². The van der Waals surface area contributed by atoms with E-state index < -0.39 is 0 Å². The van der Waals surface area contributed by atoms with Crippen molar-refractivity contribution >= 4 is 5.91 Å². The van der Waals surface area contributed by atoms with Gasteiger partial charge in [0.15, 0.2) is 0 Å². The van der Waals surface area contributed by atoms with Crippen LogP contribution in [-0.2, 0) is 11.2 Å². The lowest BCUT2D eigenvalue weighted by molar-refractivity contribution is -0.121. The molecule has 0 spiro atoms. The van der Waals surface area contributed by atoms with Gasteiger partial charge in [-0.1, -0.05) is 94.7 Å². The van der Waals surface area contributed by atoms with Crippen molar-refractivity contribution in [2.45, 2.75) is 116 Å². The Bertz CT molecular complexity index is 592. The molecule has 0 radical (unpaired) electrons. The quantitative estimate of drug-likeness (QED) is 0.223. The maximum absolute atomic E-state index is 12.2. The molecule has 0 aliphatic heterocycles. The fraction of sp³-hybridized carbons (Fsp3) is 0.667. The molecule has 1 amide bonds. The summed E-state index contributed by atoms with van der Waals surface area (Å²) < 4.78 is 0. The van der Waals surface area contributed by atoms with E-state index in [1.54, 1.807) is 0 Å². The first-order valence-corrected chi connectivity index (χ1v) is 12.3. The third-order valence-corrected chi connectivity index (χ3v) is 6.13. The highest BCUT2D eigenvalue weighted by molar-refractivity contribution is 5.76. The van der Waals surface area contributed by atoms with Gasteiger partial charge in [0.2, 0.25) is 5.91 Å². The Kier molecular flexibility index (Phi) is 12.5. The van der Waals surface area contributed by atoms with Gasteiger partial charge in [0.1, 0.15) is 0 Å². The number of unbranched alkanes of at least 4 members (excludes halogenated alkanes) is 11. The number of nitrogens with one attached hydrogen (secondary N) is 1. The molecule has 1 aliphatic carbocycles. The van der Waals surface area contributed by atoms with Crippen LogP contribution in [0.4, 0.5) is 0 Å². The summed E-state index contributed by atoms with van der Waals surface area (Å²) in [6, 6.07) is 8.75. The van der Waals surface area contributed by atoms with Gasteiger partial charge >= 0.3 is 0 Å². The molecule has 162 valence electrons. The molecule has 1 atom stereocenters. The first kappa shape index (κ1) is 23.7. The van der Waals surface area contributed by atoms with Crippen molar-refractivity contribution in [3.63, 3.8) is 0 Å².